The molecule has 0 aliphatic heterocycles. The molecule has 4 rings (SSSR count). The van der Waals surface area contributed by atoms with Crippen molar-refractivity contribution in [1.29, 1.82) is 0 Å². The van der Waals surface area contributed by atoms with Crippen molar-refractivity contribution >= 4 is 23.0 Å². The lowest BCUT2D eigenvalue weighted by Crippen LogP contribution is -2.08. The molecular formula is C19H18ClN5. The molecule has 2 aromatic heterocycles. The van der Waals surface area contributed by atoms with E-state index in [1.165, 1.54) is 10.2 Å². The Balaban J connectivity index is 1.63. The fourth-order valence-corrected chi connectivity index (χ4v) is 3.64. The second-order valence-electron chi connectivity index (χ2n) is 6.12. The van der Waals surface area contributed by atoms with Crippen LogP contribution in [0.2, 0.25) is 5.15 Å². The molecule has 1 unspecified atom stereocenters. The Morgan fingerprint density at radius 3 is 2.52 bits per heavy atom. The molecule has 1 aromatic carbocycles. The summed E-state index contributed by atoms with van der Waals surface area (Å²) >= 11 is 6.38. The van der Waals surface area contributed by atoms with Crippen molar-refractivity contribution in [3.8, 4) is 5.95 Å². The lowest BCUT2D eigenvalue weighted by atomic mass is 9.83. The molecule has 3 aromatic rings. The van der Waals surface area contributed by atoms with Gasteiger partial charge in [0.2, 0.25) is 0 Å². The van der Waals surface area contributed by atoms with E-state index in [4.69, 9.17) is 17.3 Å². The summed E-state index contributed by atoms with van der Waals surface area (Å²) in [5.41, 5.74) is 9.64. The highest BCUT2D eigenvalue weighted by Crippen LogP contribution is 2.40. The van der Waals surface area contributed by atoms with Gasteiger partial charge in [0.25, 0.3) is 5.95 Å². The Bertz CT molecular complexity index is 902. The molecule has 25 heavy (non-hydrogen) atoms. The number of anilines is 1. The lowest BCUT2D eigenvalue weighted by Gasteiger charge is -2.22. The molecule has 6 heteroatoms. The minimum atomic E-state index is 0.398. The fourth-order valence-electron chi connectivity index (χ4n) is 3.34. The van der Waals surface area contributed by atoms with Crippen LogP contribution < -0.4 is 5.73 Å². The van der Waals surface area contributed by atoms with Crippen LogP contribution in [-0.4, -0.2) is 19.7 Å². The number of hydrogen-bond donors (Lipinski definition) is 1. The lowest BCUT2D eigenvalue weighted by molar-refractivity contribution is 0.626. The second-order valence-corrected chi connectivity index (χ2v) is 6.48. The number of aromatic nitrogens is 4. The van der Waals surface area contributed by atoms with E-state index >= 15 is 0 Å². The van der Waals surface area contributed by atoms with Crippen LogP contribution in [0.5, 0.6) is 0 Å². The minimum Gasteiger partial charge on any atom is -0.383 e. The highest BCUT2D eigenvalue weighted by Gasteiger charge is 2.24. The van der Waals surface area contributed by atoms with Crippen LogP contribution in [0.25, 0.3) is 11.5 Å². The Kier molecular flexibility index (Phi) is 4.24. The third-order valence-electron chi connectivity index (χ3n) is 4.62. The van der Waals surface area contributed by atoms with Gasteiger partial charge in [0.15, 0.2) is 5.15 Å². The van der Waals surface area contributed by atoms with E-state index in [0.717, 1.165) is 30.4 Å². The quantitative estimate of drug-likeness (QED) is 0.765. The zero-order valence-electron chi connectivity index (χ0n) is 13.6. The highest BCUT2D eigenvalue weighted by molar-refractivity contribution is 6.31. The summed E-state index contributed by atoms with van der Waals surface area (Å²) in [6, 6.07) is 12.4. The number of rotatable bonds is 3. The van der Waals surface area contributed by atoms with Crippen LogP contribution in [-0.2, 0) is 0 Å². The third kappa shape index (κ3) is 3.03. The maximum atomic E-state index is 6.38. The predicted octanol–water partition coefficient (Wildman–Crippen LogP) is 4.25. The van der Waals surface area contributed by atoms with Crippen LogP contribution in [0.1, 0.15) is 36.3 Å². The van der Waals surface area contributed by atoms with E-state index in [-0.39, 0.29) is 0 Å². The Labute approximate surface area is 151 Å². The van der Waals surface area contributed by atoms with Crippen molar-refractivity contribution in [2.45, 2.75) is 25.2 Å². The van der Waals surface area contributed by atoms with Crippen LogP contribution in [0.15, 0.2) is 54.9 Å². The van der Waals surface area contributed by atoms with Crippen LogP contribution in [0.4, 0.5) is 5.82 Å². The Morgan fingerprint density at radius 1 is 1.08 bits per heavy atom. The van der Waals surface area contributed by atoms with Gasteiger partial charge < -0.3 is 5.73 Å². The van der Waals surface area contributed by atoms with Gasteiger partial charge in [-0.3, -0.25) is 0 Å². The van der Waals surface area contributed by atoms with Crippen molar-refractivity contribution in [2.24, 2.45) is 0 Å². The maximum Gasteiger partial charge on any atom is 0.252 e. The number of halogens is 1. The van der Waals surface area contributed by atoms with Gasteiger partial charge in [-0.1, -0.05) is 48.0 Å². The van der Waals surface area contributed by atoms with Gasteiger partial charge in [-0.15, -0.1) is 0 Å². The Morgan fingerprint density at radius 2 is 1.84 bits per heavy atom. The molecule has 2 N–H and O–H groups in total. The van der Waals surface area contributed by atoms with Gasteiger partial charge >= 0.3 is 0 Å². The van der Waals surface area contributed by atoms with Crippen molar-refractivity contribution in [1.82, 2.24) is 19.7 Å². The number of nitrogens with zero attached hydrogens (tertiary/aromatic N) is 4. The molecular weight excluding hydrogens is 334 g/mol. The molecule has 0 saturated heterocycles. The predicted molar refractivity (Wildman–Crippen MR) is 99.6 cm³/mol. The number of nitrogens with two attached hydrogens (primary N) is 1. The molecule has 0 saturated carbocycles. The van der Waals surface area contributed by atoms with Gasteiger partial charge in [0, 0.05) is 12.4 Å². The normalized spacial score (nSPS) is 17.3. The first-order valence-corrected chi connectivity index (χ1v) is 8.67. The monoisotopic (exact) mass is 351 g/mol. The minimum absolute atomic E-state index is 0.398. The Hall–Kier alpha value is -2.66. The molecule has 0 fully saturated rings. The van der Waals surface area contributed by atoms with Crippen molar-refractivity contribution < 1.29 is 0 Å². The number of benzene rings is 1. The van der Waals surface area contributed by atoms with E-state index in [1.54, 1.807) is 18.5 Å². The van der Waals surface area contributed by atoms with Crippen molar-refractivity contribution in [2.75, 3.05) is 5.73 Å². The second kappa shape index (κ2) is 6.69. The van der Waals surface area contributed by atoms with E-state index in [2.05, 4.69) is 45.4 Å². The third-order valence-corrected chi connectivity index (χ3v) is 4.89. The topological polar surface area (TPSA) is 69.6 Å². The van der Waals surface area contributed by atoms with E-state index in [1.807, 2.05) is 6.07 Å². The summed E-state index contributed by atoms with van der Waals surface area (Å²) < 4.78 is 1.50. The maximum absolute atomic E-state index is 6.38. The summed E-state index contributed by atoms with van der Waals surface area (Å²) in [6.07, 6.45) is 8.50. The molecule has 126 valence electrons. The van der Waals surface area contributed by atoms with E-state index in [0.29, 0.717) is 22.8 Å². The summed E-state index contributed by atoms with van der Waals surface area (Å²) in [7, 11) is 0. The standard InChI is InChI=1S/C19H18ClN5/c20-17-16(18(21)25(24-17)19-22-11-4-12-23-19)15-9-7-14(8-10-15)13-5-2-1-3-6-13/h1-6,9,11-12,14H,7-8,10,21H2. The molecule has 1 atom stereocenters. The van der Waals surface area contributed by atoms with Gasteiger partial charge in [-0.25, -0.2) is 9.97 Å². The number of allylic oxidation sites excluding steroid dienone is 2. The molecule has 1 aliphatic rings. The average Bonchev–Trinajstić information content (AvgIpc) is 2.98. The zero-order chi connectivity index (χ0) is 17.2. The SMILES string of the molecule is Nc1c(C2=CCC(c3ccccc3)CC2)c(Cl)nn1-c1ncccn1. The summed E-state index contributed by atoms with van der Waals surface area (Å²) in [4.78, 5) is 8.38. The van der Waals surface area contributed by atoms with E-state index in [9.17, 15) is 0 Å². The molecule has 1 aliphatic carbocycles. The molecule has 0 radical (unpaired) electrons. The van der Waals surface area contributed by atoms with E-state index < -0.39 is 0 Å². The number of nitrogen functional groups attached to an aromatic ring is 1. The molecule has 2 heterocycles. The molecule has 0 amide bonds. The number of hydrogen-bond acceptors (Lipinski definition) is 4. The van der Waals surface area contributed by atoms with Crippen molar-refractivity contribution in [3.05, 3.63) is 71.1 Å². The van der Waals surface area contributed by atoms with Gasteiger partial charge in [-0.2, -0.15) is 9.78 Å². The summed E-state index contributed by atoms with van der Waals surface area (Å²) in [6.45, 7) is 0. The molecule has 0 spiro atoms. The van der Waals surface area contributed by atoms with Crippen LogP contribution in [0.3, 0.4) is 0 Å². The van der Waals surface area contributed by atoms with Gasteiger partial charge in [0.05, 0.1) is 5.56 Å². The highest BCUT2D eigenvalue weighted by atomic mass is 35.5. The van der Waals surface area contributed by atoms with Gasteiger partial charge in [-0.05, 0) is 42.4 Å². The average molecular weight is 352 g/mol. The van der Waals surface area contributed by atoms with Crippen LogP contribution in [0, 0.1) is 0 Å². The zero-order valence-corrected chi connectivity index (χ0v) is 14.4. The van der Waals surface area contributed by atoms with Crippen LogP contribution >= 0.6 is 11.6 Å². The van der Waals surface area contributed by atoms with Gasteiger partial charge in [0.1, 0.15) is 5.82 Å². The molecule has 5 nitrogen and oxygen atoms in total. The first-order chi connectivity index (χ1) is 12.2. The van der Waals surface area contributed by atoms with Crippen molar-refractivity contribution in [3.63, 3.8) is 0 Å². The molecule has 0 bridgehead atoms. The summed E-state index contributed by atoms with van der Waals surface area (Å²) in [5, 5.41) is 4.72. The first-order valence-electron chi connectivity index (χ1n) is 8.30. The summed E-state index contributed by atoms with van der Waals surface area (Å²) in [5.74, 6) is 1.45. The first kappa shape index (κ1) is 15.8. The largest absolute Gasteiger partial charge is 0.383 e. The smallest absolute Gasteiger partial charge is 0.252 e. The fraction of sp³-hybridized carbons (Fsp3) is 0.211.